The van der Waals surface area contributed by atoms with Crippen LogP contribution in [-0.2, 0) is 16.0 Å². The Morgan fingerprint density at radius 1 is 1.14 bits per heavy atom. The third-order valence-corrected chi connectivity index (χ3v) is 4.12. The Balaban J connectivity index is 1.79. The van der Waals surface area contributed by atoms with E-state index < -0.39 is 17.9 Å². The van der Waals surface area contributed by atoms with Gasteiger partial charge in [-0.1, -0.05) is 30.3 Å². The van der Waals surface area contributed by atoms with Crippen molar-refractivity contribution in [3.05, 3.63) is 77.6 Å². The van der Waals surface area contributed by atoms with Gasteiger partial charge in [-0.2, -0.15) is 0 Å². The number of esters is 1. The quantitative estimate of drug-likeness (QED) is 0.661. The van der Waals surface area contributed by atoms with Gasteiger partial charge in [0.25, 0.3) is 5.91 Å². The molecule has 0 bridgehead atoms. The standard InChI is InChI=1S/C20H19FN4O3/c1-13-22-18(24-25(13)16-10-8-15(21)9-11-16)19(26)23-17(20(27)28-2)12-14-6-4-3-5-7-14/h3-11,17H,12H2,1-2H3,(H,23,26). The van der Waals surface area contributed by atoms with Gasteiger partial charge in [0, 0.05) is 6.42 Å². The zero-order chi connectivity index (χ0) is 20.1. The summed E-state index contributed by atoms with van der Waals surface area (Å²) in [6, 6.07) is 14.1. The number of aromatic nitrogens is 3. The molecule has 0 saturated carbocycles. The third-order valence-electron chi connectivity index (χ3n) is 4.12. The summed E-state index contributed by atoms with van der Waals surface area (Å²) in [5.41, 5.74) is 1.44. The van der Waals surface area contributed by atoms with Gasteiger partial charge in [-0.05, 0) is 36.8 Å². The minimum absolute atomic E-state index is 0.0937. The number of benzene rings is 2. The van der Waals surface area contributed by atoms with Crippen molar-refractivity contribution >= 4 is 11.9 Å². The van der Waals surface area contributed by atoms with Crippen molar-refractivity contribution in [2.45, 2.75) is 19.4 Å². The Bertz CT molecular complexity index is 971. The van der Waals surface area contributed by atoms with E-state index in [1.807, 2.05) is 30.3 Å². The van der Waals surface area contributed by atoms with Crippen molar-refractivity contribution in [2.24, 2.45) is 0 Å². The van der Waals surface area contributed by atoms with Crippen LogP contribution < -0.4 is 5.32 Å². The van der Waals surface area contributed by atoms with Crippen LogP contribution in [0, 0.1) is 12.7 Å². The molecule has 0 aliphatic carbocycles. The van der Waals surface area contributed by atoms with Crippen LogP contribution in [0.4, 0.5) is 4.39 Å². The van der Waals surface area contributed by atoms with Crippen molar-refractivity contribution in [1.82, 2.24) is 20.1 Å². The Morgan fingerprint density at radius 3 is 2.46 bits per heavy atom. The molecule has 0 aliphatic heterocycles. The van der Waals surface area contributed by atoms with Gasteiger partial charge in [0.05, 0.1) is 12.8 Å². The second kappa shape index (κ2) is 8.43. The van der Waals surface area contributed by atoms with Gasteiger partial charge in [0.2, 0.25) is 5.82 Å². The first kappa shape index (κ1) is 19.2. The van der Waals surface area contributed by atoms with Crippen LogP contribution in [0.3, 0.4) is 0 Å². The third kappa shape index (κ3) is 4.40. The lowest BCUT2D eigenvalue weighted by atomic mass is 10.1. The van der Waals surface area contributed by atoms with E-state index >= 15 is 0 Å². The van der Waals surface area contributed by atoms with E-state index in [1.165, 1.54) is 36.1 Å². The number of methoxy groups -OCH3 is 1. The van der Waals surface area contributed by atoms with Gasteiger partial charge in [-0.25, -0.2) is 18.9 Å². The molecule has 144 valence electrons. The summed E-state index contributed by atoms with van der Waals surface area (Å²) in [7, 11) is 1.26. The molecule has 28 heavy (non-hydrogen) atoms. The number of hydrogen-bond donors (Lipinski definition) is 1. The van der Waals surface area contributed by atoms with Crippen molar-refractivity contribution in [3.63, 3.8) is 0 Å². The maximum atomic E-state index is 13.1. The Labute approximate surface area is 161 Å². The molecule has 1 atom stereocenters. The molecule has 1 aromatic heterocycles. The molecule has 2 aromatic carbocycles. The predicted molar refractivity (Wildman–Crippen MR) is 99.5 cm³/mol. The Hall–Kier alpha value is -3.55. The summed E-state index contributed by atoms with van der Waals surface area (Å²) in [5, 5.41) is 6.80. The average Bonchev–Trinajstić information content (AvgIpc) is 3.10. The largest absolute Gasteiger partial charge is 0.467 e. The summed E-state index contributed by atoms with van der Waals surface area (Å²) in [4.78, 5) is 28.8. The minimum atomic E-state index is -0.877. The first-order valence-corrected chi connectivity index (χ1v) is 8.60. The minimum Gasteiger partial charge on any atom is -0.467 e. The highest BCUT2D eigenvalue weighted by molar-refractivity contribution is 5.93. The van der Waals surface area contributed by atoms with E-state index in [9.17, 15) is 14.0 Å². The highest BCUT2D eigenvalue weighted by Gasteiger charge is 2.25. The zero-order valence-corrected chi connectivity index (χ0v) is 15.4. The molecule has 0 spiro atoms. The summed E-state index contributed by atoms with van der Waals surface area (Å²) in [6.07, 6.45) is 0.275. The zero-order valence-electron chi connectivity index (χ0n) is 15.4. The number of amides is 1. The Morgan fingerprint density at radius 2 is 1.82 bits per heavy atom. The van der Waals surface area contributed by atoms with Crippen LogP contribution in [0.5, 0.6) is 0 Å². The van der Waals surface area contributed by atoms with E-state index in [0.29, 0.717) is 11.5 Å². The smallest absolute Gasteiger partial charge is 0.328 e. The molecule has 0 aliphatic rings. The van der Waals surface area contributed by atoms with Crippen molar-refractivity contribution < 1.29 is 18.7 Å². The number of carbonyl (C=O) groups is 2. The molecule has 0 saturated heterocycles. The maximum Gasteiger partial charge on any atom is 0.328 e. The van der Waals surface area contributed by atoms with E-state index in [4.69, 9.17) is 4.74 Å². The monoisotopic (exact) mass is 382 g/mol. The summed E-state index contributed by atoms with van der Waals surface area (Å²) in [6.45, 7) is 1.68. The molecule has 0 fully saturated rings. The summed E-state index contributed by atoms with van der Waals surface area (Å²) < 4.78 is 19.3. The fourth-order valence-corrected chi connectivity index (χ4v) is 2.72. The van der Waals surface area contributed by atoms with Gasteiger partial charge in [0.15, 0.2) is 0 Å². The lowest BCUT2D eigenvalue weighted by molar-refractivity contribution is -0.142. The van der Waals surface area contributed by atoms with Crippen LogP contribution in [0.15, 0.2) is 54.6 Å². The molecule has 0 radical (unpaired) electrons. The molecule has 1 N–H and O–H groups in total. The molecule has 8 heteroatoms. The summed E-state index contributed by atoms with van der Waals surface area (Å²) >= 11 is 0. The lowest BCUT2D eigenvalue weighted by Crippen LogP contribution is -2.43. The highest BCUT2D eigenvalue weighted by Crippen LogP contribution is 2.11. The van der Waals surface area contributed by atoms with Gasteiger partial charge in [0.1, 0.15) is 17.7 Å². The molecule has 7 nitrogen and oxygen atoms in total. The fraction of sp³-hybridized carbons (Fsp3) is 0.200. The van der Waals surface area contributed by atoms with Crippen molar-refractivity contribution in [1.29, 1.82) is 0 Å². The Kier molecular flexibility index (Phi) is 5.78. The van der Waals surface area contributed by atoms with Crippen LogP contribution in [0.25, 0.3) is 5.69 Å². The van der Waals surface area contributed by atoms with Crippen LogP contribution in [-0.4, -0.2) is 39.8 Å². The number of ether oxygens (including phenoxy) is 1. The molecular formula is C20H19FN4O3. The number of carbonyl (C=O) groups excluding carboxylic acids is 2. The second-order valence-corrected chi connectivity index (χ2v) is 6.11. The molecule has 3 aromatic rings. The first-order chi connectivity index (χ1) is 13.5. The van der Waals surface area contributed by atoms with Crippen molar-refractivity contribution in [2.75, 3.05) is 7.11 Å². The molecule has 1 amide bonds. The van der Waals surface area contributed by atoms with Crippen LogP contribution >= 0.6 is 0 Å². The fourth-order valence-electron chi connectivity index (χ4n) is 2.72. The normalized spacial score (nSPS) is 11.7. The molecular weight excluding hydrogens is 363 g/mol. The number of nitrogens with zero attached hydrogens (tertiary/aromatic N) is 3. The number of hydrogen-bond acceptors (Lipinski definition) is 5. The molecule has 1 heterocycles. The van der Waals surface area contributed by atoms with Crippen LogP contribution in [0.1, 0.15) is 22.0 Å². The lowest BCUT2D eigenvalue weighted by Gasteiger charge is -2.15. The van der Waals surface area contributed by atoms with Crippen LogP contribution in [0.2, 0.25) is 0 Å². The van der Waals surface area contributed by atoms with Crippen molar-refractivity contribution in [3.8, 4) is 5.69 Å². The SMILES string of the molecule is COC(=O)C(Cc1ccccc1)NC(=O)c1nc(C)n(-c2ccc(F)cc2)n1. The number of aryl methyl sites for hydroxylation is 1. The number of rotatable bonds is 6. The number of nitrogens with one attached hydrogen (secondary N) is 1. The van der Waals surface area contributed by atoms with E-state index in [1.54, 1.807) is 6.92 Å². The molecule has 1 unspecified atom stereocenters. The van der Waals surface area contributed by atoms with Gasteiger partial charge in [-0.15, -0.1) is 5.10 Å². The van der Waals surface area contributed by atoms with E-state index in [-0.39, 0.29) is 18.1 Å². The van der Waals surface area contributed by atoms with Gasteiger partial charge >= 0.3 is 5.97 Å². The average molecular weight is 382 g/mol. The second-order valence-electron chi connectivity index (χ2n) is 6.11. The van der Waals surface area contributed by atoms with Gasteiger partial charge in [-0.3, -0.25) is 4.79 Å². The molecule has 3 rings (SSSR count). The van der Waals surface area contributed by atoms with E-state index in [2.05, 4.69) is 15.4 Å². The predicted octanol–water partition coefficient (Wildman–Crippen LogP) is 2.23. The highest BCUT2D eigenvalue weighted by atomic mass is 19.1. The topological polar surface area (TPSA) is 86.1 Å². The van der Waals surface area contributed by atoms with Gasteiger partial charge < -0.3 is 10.1 Å². The van der Waals surface area contributed by atoms with E-state index in [0.717, 1.165) is 5.56 Å². The number of halogens is 1. The maximum absolute atomic E-state index is 13.1. The first-order valence-electron chi connectivity index (χ1n) is 8.60. The summed E-state index contributed by atoms with van der Waals surface area (Å²) in [5.74, 6) is -1.18.